The van der Waals surface area contributed by atoms with Crippen molar-refractivity contribution in [2.24, 2.45) is 17.6 Å². The van der Waals surface area contributed by atoms with Crippen LogP contribution in [0.1, 0.15) is 33.1 Å². The summed E-state index contributed by atoms with van der Waals surface area (Å²) in [5, 5.41) is 2.78. The van der Waals surface area contributed by atoms with Crippen LogP contribution in [-0.4, -0.2) is 61.9 Å². The first-order valence-electron chi connectivity index (χ1n) is 8.10. The van der Waals surface area contributed by atoms with Crippen LogP contribution in [0.2, 0.25) is 0 Å². The Kier molecular flexibility index (Phi) is 7.64. The Balaban J connectivity index is 2.44. The van der Waals surface area contributed by atoms with E-state index in [1.807, 2.05) is 25.9 Å². The third kappa shape index (κ3) is 6.27. The molecular formula is C16H29N3O4. The molecule has 3 N–H and O–H groups in total. The first-order valence-corrected chi connectivity index (χ1v) is 8.10. The Hall–Kier alpha value is -1.47. The molecule has 0 aromatic heterocycles. The van der Waals surface area contributed by atoms with Crippen molar-refractivity contribution in [1.29, 1.82) is 0 Å². The van der Waals surface area contributed by atoms with E-state index in [-0.39, 0.29) is 48.6 Å². The van der Waals surface area contributed by atoms with Gasteiger partial charge in [-0.2, -0.15) is 0 Å². The Bertz CT molecular complexity index is 439. The number of amides is 2. The number of hydrogen-bond acceptors (Lipinski definition) is 5. The maximum Gasteiger partial charge on any atom is 0.220 e. The third-order valence-electron chi connectivity index (χ3n) is 4.46. The SMILES string of the molecule is CC(CCC(=O)NC1C(=O)COC1CCN(C)C)C(C)C(N)=O. The van der Waals surface area contributed by atoms with Gasteiger partial charge in [0.25, 0.3) is 0 Å². The molecule has 23 heavy (non-hydrogen) atoms. The van der Waals surface area contributed by atoms with E-state index in [0.717, 1.165) is 6.54 Å². The third-order valence-corrected chi connectivity index (χ3v) is 4.46. The van der Waals surface area contributed by atoms with Gasteiger partial charge >= 0.3 is 0 Å². The maximum atomic E-state index is 12.1. The minimum absolute atomic E-state index is 0.0262. The van der Waals surface area contributed by atoms with Gasteiger partial charge in [0.1, 0.15) is 12.6 Å². The molecule has 0 radical (unpaired) electrons. The lowest BCUT2D eigenvalue weighted by atomic mass is 9.91. The smallest absolute Gasteiger partial charge is 0.220 e. The van der Waals surface area contributed by atoms with Crippen molar-refractivity contribution < 1.29 is 19.1 Å². The number of Topliss-reactive ketones (excluding diaryl/α,β-unsaturated/α-hetero) is 1. The fourth-order valence-electron chi connectivity index (χ4n) is 2.53. The molecule has 0 aromatic carbocycles. The normalized spacial score (nSPS) is 23.8. The Labute approximate surface area is 137 Å². The highest BCUT2D eigenvalue weighted by Crippen LogP contribution is 2.18. The zero-order valence-electron chi connectivity index (χ0n) is 14.5. The molecule has 4 atom stereocenters. The molecule has 0 aromatic rings. The van der Waals surface area contributed by atoms with Crippen molar-refractivity contribution in [1.82, 2.24) is 10.2 Å². The zero-order valence-corrected chi connectivity index (χ0v) is 14.5. The zero-order chi connectivity index (χ0) is 17.6. The summed E-state index contributed by atoms with van der Waals surface area (Å²) >= 11 is 0. The molecule has 1 rings (SSSR count). The van der Waals surface area contributed by atoms with E-state index in [4.69, 9.17) is 10.5 Å². The topological polar surface area (TPSA) is 102 Å². The number of nitrogens with zero attached hydrogens (tertiary/aromatic N) is 1. The maximum absolute atomic E-state index is 12.1. The van der Waals surface area contributed by atoms with Crippen LogP contribution in [0.25, 0.3) is 0 Å². The molecule has 1 fully saturated rings. The van der Waals surface area contributed by atoms with Crippen LogP contribution in [0.3, 0.4) is 0 Å². The van der Waals surface area contributed by atoms with Gasteiger partial charge in [-0.15, -0.1) is 0 Å². The molecule has 0 spiro atoms. The van der Waals surface area contributed by atoms with Gasteiger partial charge in [0.2, 0.25) is 11.8 Å². The molecular weight excluding hydrogens is 298 g/mol. The second-order valence-electron chi connectivity index (χ2n) is 6.66. The molecule has 0 saturated carbocycles. The van der Waals surface area contributed by atoms with Crippen LogP contribution in [-0.2, 0) is 19.1 Å². The van der Waals surface area contributed by atoms with E-state index >= 15 is 0 Å². The molecule has 0 bridgehead atoms. The minimum Gasteiger partial charge on any atom is -0.369 e. The fourth-order valence-corrected chi connectivity index (χ4v) is 2.53. The molecule has 1 aliphatic heterocycles. The Morgan fingerprint density at radius 2 is 2.04 bits per heavy atom. The number of ketones is 1. The highest BCUT2D eigenvalue weighted by atomic mass is 16.5. The van der Waals surface area contributed by atoms with Gasteiger partial charge in [0.05, 0.1) is 6.10 Å². The van der Waals surface area contributed by atoms with E-state index in [1.54, 1.807) is 6.92 Å². The first kappa shape index (κ1) is 19.6. The number of primary amides is 1. The van der Waals surface area contributed by atoms with Gasteiger partial charge in [-0.3, -0.25) is 14.4 Å². The highest BCUT2D eigenvalue weighted by Gasteiger charge is 2.36. The van der Waals surface area contributed by atoms with Crippen LogP contribution in [0.4, 0.5) is 0 Å². The van der Waals surface area contributed by atoms with Crippen molar-refractivity contribution >= 4 is 17.6 Å². The predicted octanol–water partition coefficient (Wildman–Crippen LogP) is -0.0715. The number of carbonyl (C=O) groups excluding carboxylic acids is 3. The lowest BCUT2D eigenvalue weighted by Gasteiger charge is -2.21. The standard InChI is InChI=1S/C16H29N3O4/c1-10(11(2)16(17)22)5-6-14(21)18-15-12(20)9-23-13(15)7-8-19(3)4/h10-11,13,15H,5-9H2,1-4H3,(H2,17,22)(H,18,21). The number of hydrogen-bond donors (Lipinski definition) is 2. The summed E-state index contributed by atoms with van der Waals surface area (Å²) in [6.07, 6.45) is 1.25. The van der Waals surface area contributed by atoms with Gasteiger partial charge in [-0.1, -0.05) is 13.8 Å². The molecule has 2 amide bonds. The van der Waals surface area contributed by atoms with Gasteiger partial charge in [0, 0.05) is 18.9 Å². The van der Waals surface area contributed by atoms with Gasteiger partial charge in [0.15, 0.2) is 5.78 Å². The summed E-state index contributed by atoms with van der Waals surface area (Å²) in [5.74, 6) is -0.876. The molecule has 132 valence electrons. The van der Waals surface area contributed by atoms with Crippen LogP contribution in [0.5, 0.6) is 0 Å². The summed E-state index contributed by atoms with van der Waals surface area (Å²) in [7, 11) is 3.90. The lowest BCUT2D eigenvalue weighted by molar-refractivity contribution is -0.127. The van der Waals surface area contributed by atoms with E-state index in [1.165, 1.54) is 0 Å². The molecule has 1 heterocycles. The summed E-state index contributed by atoms with van der Waals surface area (Å²) in [5.41, 5.74) is 5.26. The molecule has 7 heteroatoms. The van der Waals surface area contributed by atoms with Crippen LogP contribution >= 0.6 is 0 Å². The summed E-state index contributed by atoms with van der Waals surface area (Å²) in [6.45, 7) is 4.50. The largest absolute Gasteiger partial charge is 0.369 e. The van der Waals surface area contributed by atoms with Crippen molar-refractivity contribution in [2.75, 3.05) is 27.2 Å². The van der Waals surface area contributed by atoms with Crippen molar-refractivity contribution in [3.05, 3.63) is 0 Å². The molecule has 4 unspecified atom stereocenters. The van der Waals surface area contributed by atoms with E-state index in [9.17, 15) is 14.4 Å². The molecule has 1 saturated heterocycles. The van der Waals surface area contributed by atoms with Gasteiger partial charge in [-0.05, 0) is 32.9 Å². The minimum atomic E-state index is -0.564. The van der Waals surface area contributed by atoms with Crippen molar-refractivity contribution in [3.8, 4) is 0 Å². The quantitative estimate of drug-likeness (QED) is 0.617. The number of rotatable bonds is 9. The Morgan fingerprint density at radius 3 is 2.61 bits per heavy atom. The Morgan fingerprint density at radius 1 is 1.39 bits per heavy atom. The van der Waals surface area contributed by atoms with E-state index in [2.05, 4.69) is 5.32 Å². The number of nitrogens with two attached hydrogens (primary N) is 1. The molecule has 0 aliphatic carbocycles. The van der Waals surface area contributed by atoms with Crippen LogP contribution < -0.4 is 11.1 Å². The van der Waals surface area contributed by atoms with Crippen LogP contribution in [0, 0.1) is 11.8 Å². The van der Waals surface area contributed by atoms with Crippen LogP contribution in [0.15, 0.2) is 0 Å². The fraction of sp³-hybridized carbons (Fsp3) is 0.812. The van der Waals surface area contributed by atoms with Crippen molar-refractivity contribution in [3.63, 3.8) is 0 Å². The second kappa shape index (κ2) is 8.98. The summed E-state index contributed by atoms with van der Waals surface area (Å²) in [6, 6.07) is -0.564. The monoisotopic (exact) mass is 327 g/mol. The van der Waals surface area contributed by atoms with E-state index < -0.39 is 6.04 Å². The lowest BCUT2D eigenvalue weighted by Crippen LogP contribution is -2.45. The summed E-state index contributed by atoms with van der Waals surface area (Å²) in [4.78, 5) is 37.1. The van der Waals surface area contributed by atoms with E-state index in [0.29, 0.717) is 12.8 Å². The highest BCUT2D eigenvalue weighted by molar-refractivity contribution is 5.91. The van der Waals surface area contributed by atoms with Gasteiger partial charge in [-0.25, -0.2) is 0 Å². The average molecular weight is 327 g/mol. The number of carbonyl (C=O) groups is 3. The van der Waals surface area contributed by atoms with Crippen molar-refractivity contribution in [2.45, 2.75) is 45.3 Å². The molecule has 1 aliphatic rings. The first-order chi connectivity index (χ1) is 10.7. The number of nitrogens with one attached hydrogen (secondary N) is 1. The second-order valence-corrected chi connectivity index (χ2v) is 6.66. The average Bonchev–Trinajstić information content (AvgIpc) is 2.82. The number of ether oxygens (including phenoxy) is 1. The summed E-state index contributed by atoms with van der Waals surface area (Å²) < 4.78 is 5.47. The predicted molar refractivity (Wildman–Crippen MR) is 86.6 cm³/mol. The van der Waals surface area contributed by atoms with Gasteiger partial charge < -0.3 is 20.7 Å². The molecule has 7 nitrogen and oxygen atoms in total.